The molecule has 0 aliphatic rings. The van der Waals surface area contributed by atoms with Gasteiger partial charge in [0.2, 0.25) is 5.91 Å². The number of aryl methyl sites for hydroxylation is 2. The Morgan fingerprint density at radius 2 is 1.84 bits per heavy atom. The highest BCUT2D eigenvalue weighted by atomic mass is 16.2. The molecular formula is C27H24N4O. The van der Waals surface area contributed by atoms with Gasteiger partial charge in [-0.25, -0.2) is 5.43 Å². The molecule has 158 valence electrons. The smallest absolute Gasteiger partial charge is 0.244 e. The molecule has 1 heterocycles. The van der Waals surface area contributed by atoms with Crippen LogP contribution in [0.3, 0.4) is 0 Å². The number of nitrogens with one attached hydrogen (secondary N) is 1. The lowest BCUT2D eigenvalue weighted by Gasteiger charge is -2.07. The van der Waals surface area contributed by atoms with Crippen molar-refractivity contribution >= 4 is 23.0 Å². The molecule has 0 radical (unpaired) electrons. The highest BCUT2D eigenvalue weighted by Crippen LogP contribution is 2.22. The highest BCUT2D eigenvalue weighted by Gasteiger charge is 2.10. The minimum absolute atomic E-state index is 0.153. The lowest BCUT2D eigenvalue weighted by Crippen LogP contribution is -2.20. The number of hydrogen-bond donors (Lipinski definition) is 1. The van der Waals surface area contributed by atoms with Crippen molar-refractivity contribution in [2.75, 3.05) is 0 Å². The highest BCUT2D eigenvalue weighted by molar-refractivity contribution is 5.99. The van der Waals surface area contributed by atoms with Crippen molar-refractivity contribution in [3.63, 3.8) is 0 Å². The van der Waals surface area contributed by atoms with E-state index >= 15 is 0 Å². The van der Waals surface area contributed by atoms with E-state index in [1.54, 1.807) is 6.21 Å². The van der Waals surface area contributed by atoms with E-state index in [1.165, 1.54) is 5.56 Å². The molecule has 3 aromatic carbocycles. The van der Waals surface area contributed by atoms with Gasteiger partial charge < -0.3 is 4.57 Å². The van der Waals surface area contributed by atoms with Crippen molar-refractivity contribution in [1.29, 1.82) is 5.26 Å². The van der Waals surface area contributed by atoms with Gasteiger partial charge in [0.1, 0.15) is 0 Å². The maximum absolute atomic E-state index is 12.4. The molecule has 0 bridgehead atoms. The Morgan fingerprint density at radius 1 is 1.06 bits per heavy atom. The number of nitrogens with zero attached hydrogens (tertiary/aromatic N) is 3. The van der Waals surface area contributed by atoms with Gasteiger partial charge in [0.15, 0.2) is 0 Å². The molecule has 0 atom stereocenters. The van der Waals surface area contributed by atoms with E-state index in [-0.39, 0.29) is 12.3 Å². The van der Waals surface area contributed by atoms with Crippen molar-refractivity contribution in [3.05, 3.63) is 106 Å². The summed E-state index contributed by atoms with van der Waals surface area (Å²) in [5.74, 6) is -0.153. The van der Waals surface area contributed by atoms with Crippen LogP contribution < -0.4 is 5.43 Å². The van der Waals surface area contributed by atoms with Crippen molar-refractivity contribution in [1.82, 2.24) is 9.99 Å². The average Bonchev–Trinajstić information content (AvgIpc) is 3.13. The lowest BCUT2D eigenvalue weighted by molar-refractivity contribution is -0.120. The molecule has 0 saturated heterocycles. The van der Waals surface area contributed by atoms with Gasteiger partial charge in [-0.3, -0.25) is 4.79 Å². The predicted octanol–water partition coefficient (Wildman–Crippen LogP) is 4.87. The Morgan fingerprint density at radius 3 is 2.66 bits per heavy atom. The van der Waals surface area contributed by atoms with Crippen LogP contribution in [0.1, 0.15) is 33.4 Å². The molecule has 1 N–H and O–H groups in total. The second-order valence-corrected chi connectivity index (χ2v) is 7.90. The van der Waals surface area contributed by atoms with Gasteiger partial charge in [-0.2, -0.15) is 10.4 Å². The van der Waals surface area contributed by atoms with E-state index in [2.05, 4.69) is 27.2 Å². The van der Waals surface area contributed by atoms with E-state index in [0.717, 1.165) is 33.2 Å². The van der Waals surface area contributed by atoms with Crippen LogP contribution in [0.5, 0.6) is 0 Å². The van der Waals surface area contributed by atoms with Crippen LogP contribution in [0.25, 0.3) is 10.9 Å². The number of aromatic nitrogens is 1. The molecule has 5 nitrogen and oxygen atoms in total. The van der Waals surface area contributed by atoms with E-state index in [9.17, 15) is 10.1 Å². The van der Waals surface area contributed by atoms with Crippen LogP contribution in [0.2, 0.25) is 0 Å². The zero-order valence-electron chi connectivity index (χ0n) is 18.2. The Balaban J connectivity index is 1.52. The SMILES string of the molecule is Cc1ccc(CC(=O)N/N=C\c2cn(Cc3ccccc3C#N)c3ccccc23)c(C)c1. The predicted molar refractivity (Wildman–Crippen MR) is 128 cm³/mol. The molecule has 4 rings (SSSR count). The van der Waals surface area contributed by atoms with Gasteiger partial charge >= 0.3 is 0 Å². The third kappa shape index (κ3) is 4.60. The van der Waals surface area contributed by atoms with Crippen molar-refractivity contribution < 1.29 is 4.79 Å². The monoisotopic (exact) mass is 420 g/mol. The fraction of sp³-hybridized carbons (Fsp3) is 0.148. The maximum Gasteiger partial charge on any atom is 0.244 e. The van der Waals surface area contributed by atoms with E-state index in [4.69, 9.17) is 0 Å². The fourth-order valence-electron chi connectivity index (χ4n) is 3.89. The summed E-state index contributed by atoms with van der Waals surface area (Å²) in [5, 5.41) is 14.6. The Bertz CT molecular complexity index is 1360. The molecule has 0 spiro atoms. The molecule has 32 heavy (non-hydrogen) atoms. The van der Waals surface area contributed by atoms with Crippen LogP contribution in [-0.2, 0) is 17.8 Å². The van der Waals surface area contributed by atoms with Gasteiger partial charge in [0.05, 0.1) is 24.3 Å². The quantitative estimate of drug-likeness (QED) is 0.357. The van der Waals surface area contributed by atoms with Gasteiger partial charge in [0, 0.05) is 29.2 Å². The zero-order valence-corrected chi connectivity index (χ0v) is 18.2. The number of nitriles is 1. The largest absolute Gasteiger partial charge is 0.342 e. The van der Waals surface area contributed by atoms with Gasteiger partial charge in [-0.15, -0.1) is 0 Å². The summed E-state index contributed by atoms with van der Waals surface area (Å²) in [6.07, 6.45) is 3.96. The number of rotatable bonds is 6. The first-order valence-electron chi connectivity index (χ1n) is 10.5. The van der Waals surface area contributed by atoms with Crippen LogP contribution in [0.4, 0.5) is 0 Å². The van der Waals surface area contributed by atoms with Crippen molar-refractivity contribution in [2.24, 2.45) is 5.10 Å². The molecule has 0 saturated carbocycles. The molecule has 0 fully saturated rings. The third-order valence-electron chi connectivity index (χ3n) is 5.54. The first-order chi connectivity index (χ1) is 15.5. The van der Waals surface area contributed by atoms with Crippen LogP contribution in [-0.4, -0.2) is 16.7 Å². The minimum Gasteiger partial charge on any atom is -0.342 e. The van der Waals surface area contributed by atoms with E-state index in [1.807, 2.05) is 80.7 Å². The molecular weight excluding hydrogens is 396 g/mol. The molecule has 0 aliphatic carbocycles. The summed E-state index contributed by atoms with van der Waals surface area (Å²) < 4.78 is 2.10. The van der Waals surface area contributed by atoms with Gasteiger partial charge in [-0.05, 0) is 42.7 Å². The van der Waals surface area contributed by atoms with Crippen LogP contribution in [0.15, 0.2) is 78.0 Å². The number of benzene rings is 3. The number of amides is 1. The van der Waals surface area contributed by atoms with Gasteiger partial charge in [-0.1, -0.05) is 60.2 Å². The summed E-state index contributed by atoms with van der Waals surface area (Å²) in [6.45, 7) is 4.63. The second-order valence-electron chi connectivity index (χ2n) is 7.90. The van der Waals surface area contributed by atoms with E-state index in [0.29, 0.717) is 12.1 Å². The number of fused-ring (bicyclic) bond motifs is 1. The number of hydrazone groups is 1. The van der Waals surface area contributed by atoms with E-state index < -0.39 is 0 Å². The average molecular weight is 421 g/mol. The first-order valence-corrected chi connectivity index (χ1v) is 10.5. The first kappa shape index (κ1) is 21.1. The third-order valence-corrected chi connectivity index (χ3v) is 5.54. The number of carbonyl (C=O) groups excluding carboxylic acids is 1. The summed E-state index contributed by atoms with van der Waals surface area (Å²) in [4.78, 5) is 12.4. The lowest BCUT2D eigenvalue weighted by atomic mass is 10.0. The fourth-order valence-corrected chi connectivity index (χ4v) is 3.89. The molecule has 0 aliphatic heterocycles. The standard InChI is InChI=1S/C27H24N4O/c1-19-11-12-21(20(2)13-19)14-27(32)30-29-16-24-18-31(26-10-6-5-9-25(24)26)17-23-8-4-3-7-22(23)15-28/h3-13,16,18H,14,17H2,1-2H3,(H,30,32)/b29-16-. The molecule has 1 aromatic heterocycles. The maximum atomic E-state index is 12.4. The number of para-hydroxylation sites is 1. The number of hydrogen-bond acceptors (Lipinski definition) is 3. The summed E-state index contributed by atoms with van der Waals surface area (Å²) in [6, 6.07) is 24.0. The zero-order chi connectivity index (χ0) is 22.5. The molecule has 1 amide bonds. The number of carbonyl (C=O) groups is 1. The minimum atomic E-state index is -0.153. The topological polar surface area (TPSA) is 70.2 Å². The molecule has 5 heteroatoms. The van der Waals surface area contributed by atoms with Crippen molar-refractivity contribution in [2.45, 2.75) is 26.8 Å². The van der Waals surface area contributed by atoms with Crippen LogP contribution in [0, 0.1) is 25.2 Å². The normalized spacial score (nSPS) is 11.0. The second kappa shape index (κ2) is 9.32. The van der Waals surface area contributed by atoms with Crippen molar-refractivity contribution in [3.8, 4) is 6.07 Å². The van der Waals surface area contributed by atoms with Gasteiger partial charge in [0.25, 0.3) is 0 Å². The summed E-state index contributed by atoms with van der Waals surface area (Å²) in [7, 11) is 0. The summed E-state index contributed by atoms with van der Waals surface area (Å²) >= 11 is 0. The molecule has 4 aromatic rings. The Hall–Kier alpha value is -4.17. The van der Waals surface area contributed by atoms with Crippen LogP contribution >= 0.6 is 0 Å². The Labute approximate surface area is 187 Å². The molecule has 0 unspecified atom stereocenters. The summed E-state index contributed by atoms with van der Waals surface area (Å²) in [5.41, 5.74) is 9.49. The Kier molecular flexibility index (Phi) is 6.14.